The van der Waals surface area contributed by atoms with Crippen molar-refractivity contribution in [3.05, 3.63) is 46.3 Å². The normalized spacial score (nSPS) is 21.3. The van der Waals surface area contributed by atoms with Gasteiger partial charge in [0.2, 0.25) is 16.4 Å². The molecule has 0 spiro atoms. The maximum atomic E-state index is 13.5. The lowest BCUT2D eigenvalue weighted by molar-refractivity contribution is 0.0837. The standard InChI is InChI=1S/C14H16ClF2NO3S2/c15-11-6-7-12(22-11)23(20,21)18-10(8-19)13(14(16)17)9-4-2-1-3-5-9/h1-6,10,12-14,18-19H,7-8H2/t10?,12?,13-/m0/s1. The second-order valence-electron chi connectivity index (χ2n) is 5.01. The molecule has 1 heterocycles. The molecule has 9 heteroatoms. The van der Waals surface area contributed by atoms with Crippen LogP contribution in [-0.2, 0) is 10.0 Å². The number of hydrogen-bond donors (Lipinski definition) is 2. The van der Waals surface area contributed by atoms with Crippen LogP contribution in [0.25, 0.3) is 0 Å². The van der Waals surface area contributed by atoms with E-state index < -0.39 is 39.6 Å². The number of sulfonamides is 1. The summed E-state index contributed by atoms with van der Waals surface area (Å²) in [4.78, 5) is 0. The van der Waals surface area contributed by atoms with E-state index in [-0.39, 0.29) is 12.0 Å². The molecule has 0 saturated heterocycles. The Labute approximate surface area is 143 Å². The Morgan fingerprint density at radius 2 is 2.00 bits per heavy atom. The number of halogens is 3. The molecule has 3 atom stereocenters. The van der Waals surface area contributed by atoms with Crippen LogP contribution in [0.2, 0.25) is 0 Å². The molecule has 2 rings (SSSR count). The van der Waals surface area contributed by atoms with E-state index in [0.717, 1.165) is 11.8 Å². The van der Waals surface area contributed by atoms with E-state index in [9.17, 15) is 22.3 Å². The summed E-state index contributed by atoms with van der Waals surface area (Å²) < 4.78 is 53.3. The zero-order chi connectivity index (χ0) is 17.0. The molecule has 0 aromatic heterocycles. The molecule has 1 aliphatic rings. The van der Waals surface area contributed by atoms with E-state index in [1.807, 2.05) is 0 Å². The van der Waals surface area contributed by atoms with Gasteiger partial charge in [-0.25, -0.2) is 21.9 Å². The summed E-state index contributed by atoms with van der Waals surface area (Å²) in [7, 11) is -3.91. The Balaban J connectivity index is 2.20. The van der Waals surface area contributed by atoms with Crippen LogP contribution in [-0.4, -0.2) is 37.2 Å². The van der Waals surface area contributed by atoms with Gasteiger partial charge in [0.05, 0.1) is 22.9 Å². The third-order valence-corrected chi connectivity index (χ3v) is 7.30. The average Bonchev–Trinajstić information content (AvgIpc) is 2.94. The van der Waals surface area contributed by atoms with E-state index in [1.165, 1.54) is 12.1 Å². The molecule has 0 bridgehead atoms. The van der Waals surface area contributed by atoms with Crippen LogP contribution in [0.1, 0.15) is 17.9 Å². The molecule has 1 aromatic carbocycles. The van der Waals surface area contributed by atoms with Crippen LogP contribution in [0.5, 0.6) is 0 Å². The number of aliphatic hydroxyl groups excluding tert-OH is 1. The van der Waals surface area contributed by atoms with Crippen molar-refractivity contribution in [1.82, 2.24) is 4.72 Å². The summed E-state index contributed by atoms with van der Waals surface area (Å²) in [6.07, 6.45) is -1.07. The molecule has 2 unspecified atom stereocenters. The first-order valence-corrected chi connectivity index (χ1v) is 9.63. The zero-order valence-corrected chi connectivity index (χ0v) is 14.3. The largest absolute Gasteiger partial charge is 0.395 e. The van der Waals surface area contributed by atoms with Crippen molar-refractivity contribution in [3.63, 3.8) is 0 Å². The molecule has 0 amide bonds. The number of thioether (sulfide) groups is 1. The Bertz CT molecular complexity index is 655. The van der Waals surface area contributed by atoms with Crippen molar-refractivity contribution >= 4 is 33.4 Å². The number of hydrogen-bond acceptors (Lipinski definition) is 4. The van der Waals surface area contributed by atoms with Gasteiger partial charge >= 0.3 is 0 Å². The van der Waals surface area contributed by atoms with Crippen molar-refractivity contribution in [2.75, 3.05) is 6.61 Å². The summed E-state index contributed by atoms with van der Waals surface area (Å²) in [5, 5.41) is 9.46. The molecule has 2 N–H and O–H groups in total. The van der Waals surface area contributed by atoms with E-state index >= 15 is 0 Å². The average molecular weight is 384 g/mol. The van der Waals surface area contributed by atoms with Crippen molar-refractivity contribution in [2.45, 2.75) is 29.4 Å². The Kier molecular flexibility index (Phi) is 6.44. The fourth-order valence-electron chi connectivity index (χ4n) is 2.34. The molecule has 1 aromatic rings. The quantitative estimate of drug-likeness (QED) is 0.759. The van der Waals surface area contributed by atoms with E-state index in [2.05, 4.69) is 4.72 Å². The highest BCUT2D eigenvalue weighted by atomic mass is 35.5. The topological polar surface area (TPSA) is 66.4 Å². The van der Waals surface area contributed by atoms with Crippen LogP contribution < -0.4 is 4.72 Å². The Hall–Kier alpha value is -0.670. The molecular weight excluding hydrogens is 368 g/mol. The number of allylic oxidation sites excluding steroid dienone is 1. The molecule has 1 aliphatic heterocycles. The van der Waals surface area contributed by atoms with Gasteiger partial charge < -0.3 is 5.11 Å². The summed E-state index contributed by atoms with van der Waals surface area (Å²) in [5.41, 5.74) is 0.263. The Morgan fingerprint density at radius 3 is 2.48 bits per heavy atom. The molecular formula is C14H16ClF2NO3S2. The smallest absolute Gasteiger partial charge is 0.247 e. The number of nitrogens with one attached hydrogen (secondary N) is 1. The number of alkyl halides is 2. The van der Waals surface area contributed by atoms with Crippen LogP contribution in [0, 0.1) is 0 Å². The summed E-state index contributed by atoms with van der Waals surface area (Å²) in [6, 6.07) is 6.50. The molecule has 0 aliphatic carbocycles. The van der Waals surface area contributed by atoms with Crippen molar-refractivity contribution in [1.29, 1.82) is 0 Å². The van der Waals surface area contributed by atoms with E-state index in [0.29, 0.717) is 4.36 Å². The van der Waals surface area contributed by atoms with Crippen LogP contribution in [0.4, 0.5) is 8.78 Å². The predicted octanol–water partition coefficient (Wildman–Crippen LogP) is 2.86. The zero-order valence-electron chi connectivity index (χ0n) is 11.9. The van der Waals surface area contributed by atoms with Gasteiger partial charge in [0.15, 0.2) is 0 Å². The van der Waals surface area contributed by atoms with Gasteiger partial charge in [0.25, 0.3) is 0 Å². The molecule has 4 nitrogen and oxygen atoms in total. The van der Waals surface area contributed by atoms with Gasteiger partial charge in [-0.3, -0.25) is 0 Å². The van der Waals surface area contributed by atoms with Gasteiger partial charge in [-0.2, -0.15) is 0 Å². The fraction of sp³-hybridized carbons (Fsp3) is 0.429. The van der Waals surface area contributed by atoms with Crippen LogP contribution >= 0.6 is 23.4 Å². The SMILES string of the molecule is O=S(=O)(NC(CO)[C@H](c1ccccc1)C(F)F)C1CC=C(Cl)S1. The summed E-state index contributed by atoms with van der Waals surface area (Å²) in [5.74, 6) is -1.44. The minimum Gasteiger partial charge on any atom is -0.395 e. The van der Waals surface area contributed by atoms with Gasteiger partial charge in [-0.05, 0) is 12.0 Å². The lowest BCUT2D eigenvalue weighted by Gasteiger charge is -2.27. The van der Waals surface area contributed by atoms with Crippen molar-refractivity contribution in [2.24, 2.45) is 0 Å². The molecule has 128 valence electrons. The van der Waals surface area contributed by atoms with Gasteiger partial charge in [-0.15, -0.1) is 0 Å². The van der Waals surface area contributed by atoms with Gasteiger partial charge in [0, 0.05) is 0 Å². The minimum absolute atomic E-state index is 0.196. The molecule has 0 saturated carbocycles. The highest BCUT2D eigenvalue weighted by Gasteiger charge is 2.37. The summed E-state index contributed by atoms with van der Waals surface area (Å²) in [6.45, 7) is -0.734. The van der Waals surface area contributed by atoms with Crippen LogP contribution in [0.3, 0.4) is 0 Å². The molecule has 0 fully saturated rings. The minimum atomic E-state index is -3.91. The second kappa shape index (κ2) is 7.94. The lowest BCUT2D eigenvalue weighted by atomic mass is 9.93. The van der Waals surface area contributed by atoms with Gasteiger partial charge in [0.1, 0.15) is 4.58 Å². The second-order valence-corrected chi connectivity index (χ2v) is 9.08. The first-order chi connectivity index (χ1) is 10.8. The third kappa shape index (κ3) is 4.67. The lowest BCUT2D eigenvalue weighted by Crippen LogP contribution is -2.46. The summed E-state index contributed by atoms with van der Waals surface area (Å²) >= 11 is 6.70. The van der Waals surface area contributed by atoms with Crippen LogP contribution in [0.15, 0.2) is 40.8 Å². The maximum Gasteiger partial charge on any atom is 0.247 e. The monoisotopic (exact) mass is 383 g/mol. The highest BCUT2D eigenvalue weighted by molar-refractivity contribution is 8.16. The predicted molar refractivity (Wildman–Crippen MR) is 88.0 cm³/mol. The van der Waals surface area contributed by atoms with Gasteiger partial charge in [-0.1, -0.05) is 59.8 Å². The molecule has 23 heavy (non-hydrogen) atoms. The molecule has 0 radical (unpaired) electrons. The fourth-order valence-corrected chi connectivity index (χ4v) is 5.68. The van der Waals surface area contributed by atoms with E-state index in [4.69, 9.17) is 11.6 Å². The number of aliphatic hydroxyl groups is 1. The van der Waals surface area contributed by atoms with E-state index in [1.54, 1.807) is 24.3 Å². The first-order valence-electron chi connectivity index (χ1n) is 6.82. The first kappa shape index (κ1) is 18.7. The highest BCUT2D eigenvalue weighted by Crippen LogP contribution is 2.38. The van der Waals surface area contributed by atoms with Crippen molar-refractivity contribution in [3.8, 4) is 0 Å². The Morgan fingerprint density at radius 1 is 1.35 bits per heavy atom. The number of benzene rings is 1. The maximum absolute atomic E-state index is 13.5. The van der Waals surface area contributed by atoms with Crippen molar-refractivity contribution < 1.29 is 22.3 Å². The number of rotatable bonds is 7. The third-order valence-electron chi connectivity index (χ3n) is 3.46.